The van der Waals surface area contributed by atoms with Gasteiger partial charge in [-0.1, -0.05) is 0 Å². The maximum absolute atomic E-state index is 13.6. The number of aromatic nitrogens is 1. The second-order valence-electron chi connectivity index (χ2n) is 3.99. The second-order valence-corrected chi connectivity index (χ2v) is 8.70. The number of rotatable bonds is 4. The summed E-state index contributed by atoms with van der Waals surface area (Å²) in [6.45, 7) is 1.62. The first-order valence-corrected chi connectivity index (χ1v) is 9.22. The van der Waals surface area contributed by atoms with E-state index in [1.807, 2.05) is 4.72 Å². The molecule has 0 amide bonds. The molecule has 0 unspecified atom stereocenters. The lowest BCUT2D eigenvalue weighted by Gasteiger charge is -2.08. The van der Waals surface area contributed by atoms with Crippen LogP contribution < -0.4 is 9.86 Å². The summed E-state index contributed by atoms with van der Waals surface area (Å²) < 4.78 is 62.0. The average molecular weight is 351 g/mol. The minimum Gasteiger partial charge on any atom is -0.276 e. The Kier molecular flexibility index (Phi) is 4.02. The standard InChI is InChI=1S/C10H10FN3O4S3/c1-6-13-5-10(19-6)21(17,18)14-9-4-7(20(12,15)16)2-3-8(9)11/h2-5,14H,1H3,(H2,12,15,16). The molecule has 1 heterocycles. The van der Waals surface area contributed by atoms with Crippen LogP contribution >= 0.6 is 11.3 Å². The number of anilines is 1. The lowest BCUT2D eigenvalue weighted by Crippen LogP contribution is -2.15. The highest BCUT2D eigenvalue weighted by molar-refractivity contribution is 7.94. The summed E-state index contributed by atoms with van der Waals surface area (Å²) in [4.78, 5) is 3.39. The van der Waals surface area contributed by atoms with Gasteiger partial charge >= 0.3 is 0 Å². The highest BCUT2D eigenvalue weighted by Gasteiger charge is 2.20. The zero-order chi connectivity index (χ0) is 15.8. The van der Waals surface area contributed by atoms with Gasteiger partial charge in [-0.25, -0.2) is 31.3 Å². The topological polar surface area (TPSA) is 119 Å². The van der Waals surface area contributed by atoms with Crippen molar-refractivity contribution in [2.75, 3.05) is 4.72 Å². The van der Waals surface area contributed by atoms with Gasteiger partial charge in [0.25, 0.3) is 10.0 Å². The van der Waals surface area contributed by atoms with Gasteiger partial charge in [0.2, 0.25) is 10.0 Å². The third-order valence-electron chi connectivity index (χ3n) is 2.38. The molecule has 114 valence electrons. The molecule has 2 aromatic rings. The van der Waals surface area contributed by atoms with Crippen LogP contribution in [0.25, 0.3) is 0 Å². The largest absolute Gasteiger partial charge is 0.276 e. The van der Waals surface area contributed by atoms with Crippen molar-refractivity contribution >= 4 is 37.1 Å². The number of hydrogen-bond acceptors (Lipinski definition) is 6. The molecule has 1 aromatic carbocycles. The Morgan fingerprint density at radius 2 is 1.95 bits per heavy atom. The van der Waals surface area contributed by atoms with Gasteiger partial charge in [-0.15, -0.1) is 11.3 Å². The third-order valence-corrected chi connectivity index (χ3v) is 6.03. The van der Waals surface area contributed by atoms with Gasteiger partial charge < -0.3 is 0 Å². The van der Waals surface area contributed by atoms with Crippen molar-refractivity contribution in [1.29, 1.82) is 0 Å². The van der Waals surface area contributed by atoms with Crippen LogP contribution in [0.15, 0.2) is 33.5 Å². The van der Waals surface area contributed by atoms with Gasteiger partial charge in [-0.05, 0) is 25.1 Å². The number of nitrogens with one attached hydrogen (secondary N) is 1. The van der Waals surface area contributed by atoms with E-state index in [4.69, 9.17) is 5.14 Å². The fraction of sp³-hybridized carbons (Fsp3) is 0.100. The first-order valence-electron chi connectivity index (χ1n) is 5.37. The first kappa shape index (κ1) is 15.8. The first-order chi connectivity index (χ1) is 9.59. The van der Waals surface area contributed by atoms with Gasteiger partial charge in [0.15, 0.2) is 4.21 Å². The lowest BCUT2D eigenvalue weighted by molar-refractivity contribution is 0.594. The Morgan fingerprint density at radius 3 is 2.48 bits per heavy atom. The van der Waals surface area contributed by atoms with Gasteiger partial charge in [0, 0.05) is 0 Å². The van der Waals surface area contributed by atoms with Crippen molar-refractivity contribution in [2.45, 2.75) is 16.0 Å². The number of primary sulfonamides is 1. The maximum Gasteiger partial charge on any atom is 0.273 e. The van der Waals surface area contributed by atoms with E-state index in [0.717, 1.165) is 35.7 Å². The quantitative estimate of drug-likeness (QED) is 0.853. The van der Waals surface area contributed by atoms with Crippen molar-refractivity contribution in [1.82, 2.24) is 4.98 Å². The van der Waals surface area contributed by atoms with Crippen LogP contribution in [0.5, 0.6) is 0 Å². The summed E-state index contributed by atoms with van der Waals surface area (Å²) in [5.41, 5.74) is -0.507. The summed E-state index contributed by atoms with van der Waals surface area (Å²) in [5, 5.41) is 5.44. The Hall–Kier alpha value is -1.56. The van der Waals surface area contributed by atoms with Crippen LogP contribution in [0.1, 0.15) is 5.01 Å². The van der Waals surface area contributed by atoms with Crippen LogP contribution in [0.3, 0.4) is 0 Å². The van der Waals surface area contributed by atoms with Crippen molar-refractivity contribution in [3.05, 3.63) is 35.2 Å². The third kappa shape index (κ3) is 3.56. The molecule has 21 heavy (non-hydrogen) atoms. The molecule has 0 bridgehead atoms. The lowest BCUT2D eigenvalue weighted by atomic mass is 10.3. The zero-order valence-corrected chi connectivity index (χ0v) is 13.0. The zero-order valence-electron chi connectivity index (χ0n) is 10.6. The van der Waals surface area contributed by atoms with Crippen LogP contribution in [0, 0.1) is 12.7 Å². The number of thiazole rings is 1. The predicted octanol–water partition coefficient (Wildman–Crippen LogP) is 1.04. The number of benzene rings is 1. The number of sulfonamides is 2. The molecule has 0 saturated heterocycles. The van der Waals surface area contributed by atoms with E-state index in [1.54, 1.807) is 6.92 Å². The van der Waals surface area contributed by atoms with Gasteiger partial charge in [-0.2, -0.15) is 0 Å². The molecule has 7 nitrogen and oxygen atoms in total. The van der Waals surface area contributed by atoms with E-state index in [2.05, 4.69) is 4.98 Å². The molecule has 0 aliphatic carbocycles. The monoisotopic (exact) mass is 351 g/mol. The molecular weight excluding hydrogens is 341 g/mol. The Morgan fingerprint density at radius 1 is 1.29 bits per heavy atom. The van der Waals surface area contributed by atoms with E-state index in [0.29, 0.717) is 5.01 Å². The summed E-state index contributed by atoms with van der Waals surface area (Å²) in [5.74, 6) is -0.924. The molecule has 3 N–H and O–H groups in total. The molecule has 0 atom stereocenters. The molecular formula is C10H10FN3O4S3. The highest BCUT2D eigenvalue weighted by Crippen LogP contribution is 2.24. The summed E-state index contributed by atoms with van der Waals surface area (Å²) in [6, 6.07) is 2.57. The molecule has 0 saturated carbocycles. The van der Waals surface area contributed by atoms with Crippen molar-refractivity contribution in [3.63, 3.8) is 0 Å². The molecule has 0 aliphatic heterocycles. The van der Waals surface area contributed by atoms with Crippen LogP contribution in [-0.4, -0.2) is 21.8 Å². The van der Waals surface area contributed by atoms with Gasteiger partial charge in [-0.3, -0.25) is 4.72 Å². The molecule has 2 rings (SSSR count). The molecule has 0 spiro atoms. The van der Waals surface area contributed by atoms with Crippen molar-refractivity contribution < 1.29 is 21.2 Å². The smallest absolute Gasteiger partial charge is 0.273 e. The van der Waals surface area contributed by atoms with E-state index in [1.165, 1.54) is 0 Å². The van der Waals surface area contributed by atoms with Crippen LogP contribution in [0.2, 0.25) is 0 Å². The summed E-state index contributed by atoms with van der Waals surface area (Å²) in [6.07, 6.45) is 1.13. The average Bonchev–Trinajstić information content (AvgIpc) is 2.78. The van der Waals surface area contributed by atoms with E-state index in [-0.39, 0.29) is 4.21 Å². The summed E-state index contributed by atoms with van der Waals surface area (Å²) >= 11 is 0.903. The second kappa shape index (κ2) is 5.33. The molecule has 0 aliphatic rings. The van der Waals surface area contributed by atoms with E-state index >= 15 is 0 Å². The number of nitrogens with zero attached hydrogens (tertiary/aromatic N) is 1. The fourth-order valence-corrected chi connectivity index (χ4v) is 4.13. The van der Waals surface area contributed by atoms with E-state index < -0.39 is 36.4 Å². The van der Waals surface area contributed by atoms with E-state index in [9.17, 15) is 21.2 Å². The number of aryl methyl sites for hydroxylation is 1. The Labute approximate surface area is 124 Å². The SMILES string of the molecule is Cc1ncc(S(=O)(=O)Nc2cc(S(N)(=O)=O)ccc2F)s1. The van der Waals surface area contributed by atoms with Crippen molar-refractivity contribution in [3.8, 4) is 0 Å². The Balaban J connectivity index is 2.44. The normalized spacial score (nSPS) is 12.3. The Bertz CT molecular complexity index is 890. The van der Waals surface area contributed by atoms with Crippen molar-refractivity contribution in [2.24, 2.45) is 5.14 Å². The van der Waals surface area contributed by atoms with Crippen LogP contribution in [-0.2, 0) is 20.0 Å². The maximum atomic E-state index is 13.6. The number of hydrogen-bond donors (Lipinski definition) is 2. The highest BCUT2D eigenvalue weighted by atomic mass is 32.2. The van der Waals surface area contributed by atoms with Gasteiger partial charge in [0.1, 0.15) is 5.82 Å². The number of nitrogens with two attached hydrogens (primary N) is 1. The summed E-state index contributed by atoms with van der Waals surface area (Å²) in [7, 11) is -8.12. The molecule has 11 heteroatoms. The fourth-order valence-electron chi connectivity index (χ4n) is 1.42. The number of halogens is 1. The minimum atomic E-state index is -4.07. The van der Waals surface area contributed by atoms with Gasteiger partial charge in [0.05, 0.1) is 21.8 Å². The molecule has 0 radical (unpaired) electrons. The predicted molar refractivity (Wildman–Crippen MR) is 75.4 cm³/mol. The molecule has 0 fully saturated rings. The van der Waals surface area contributed by atoms with Crippen LogP contribution in [0.4, 0.5) is 10.1 Å². The minimum absolute atomic E-state index is 0.111. The molecule has 1 aromatic heterocycles.